The van der Waals surface area contributed by atoms with Gasteiger partial charge in [-0.2, -0.15) is 5.26 Å². The van der Waals surface area contributed by atoms with E-state index in [1.807, 2.05) is 6.07 Å². The van der Waals surface area contributed by atoms with Crippen molar-refractivity contribution < 1.29 is 4.79 Å². The highest BCUT2D eigenvalue weighted by molar-refractivity contribution is 9.09. The molecule has 0 aliphatic carbocycles. The third-order valence-corrected chi connectivity index (χ3v) is 3.24. The molecule has 1 rings (SSSR count). The van der Waals surface area contributed by atoms with Crippen molar-refractivity contribution >= 4 is 21.8 Å². The summed E-state index contributed by atoms with van der Waals surface area (Å²) in [6, 6.07) is 8.82. The maximum Gasteiger partial charge on any atom is 0.251 e. The number of nitrogens with one attached hydrogen (secondary N) is 1. The van der Waals surface area contributed by atoms with Gasteiger partial charge in [0.1, 0.15) is 0 Å². The quantitative estimate of drug-likeness (QED) is 0.868. The van der Waals surface area contributed by atoms with E-state index in [1.54, 1.807) is 24.3 Å². The van der Waals surface area contributed by atoms with Crippen LogP contribution in [0.25, 0.3) is 0 Å². The molecule has 0 saturated carbocycles. The first-order valence-corrected chi connectivity index (χ1v) is 6.57. The molecule has 1 aromatic rings. The molecular formula is C13H15BrN2O. The molecular weight excluding hydrogens is 280 g/mol. The topological polar surface area (TPSA) is 52.9 Å². The molecule has 1 amide bonds. The van der Waals surface area contributed by atoms with Gasteiger partial charge in [-0.05, 0) is 24.1 Å². The van der Waals surface area contributed by atoms with Gasteiger partial charge in [-0.15, -0.1) is 0 Å². The van der Waals surface area contributed by atoms with E-state index in [-0.39, 0.29) is 11.9 Å². The molecule has 3 nitrogen and oxygen atoms in total. The normalized spacial score (nSPS) is 11.9. The lowest BCUT2D eigenvalue weighted by atomic mass is 10.1. The first-order valence-electron chi connectivity index (χ1n) is 5.45. The van der Waals surface area contributed by atoms with Crippen LogP contribution in [0.15, 0.2) is 24.3 Å². The van der Waals surface area contributed by atoms with Gasteiger partial charge in [-0.1, -0.05) is 35.8 Å². The summed E-state index contributed by atoms with van der Waals surface area (Å²) in [5.74, 6) is 0.220. The minimum atomic E-state index is -0.139. The average Bonchev–Trinajstić information content (AvgIpc) is 2.35. The first kappa shape index (κ1) is 13.7. The van der Waals surface area contributed by atoms with Crippen molar-refractivity contribution in [3.05, 3.63) is 35.4 Å². The van der Waals surface area contributed by atoms with Gasteiger partial charge in [-0.25, -0.2) is 0 Å². The fourth-order valence-electron chi connectivity index (χ4n) is 1.37. The van der Waals surface area contributed by atoms with Crippen molar-refractivity contribution in [2.24, 2.45) is 5.92 Å². The number of hydrogen-bond donors (Lipinski definition) is 1. The molecule has 0 spiro atoms. The molecule has 17 heavy (non-hydrogen) atoms. The molecule has 1 N–H and O–H groups in total. The van der Waals surface area contributed by atoms with E-state index in [9.17, 15) is 4.79 Å². The van der Waals surface area contributed by atoms with E-state index in [4.69, 9.17) is 5.26 Å². The predicted octanol–water partition coefficient (Wildman–Crippen LogP) is 2.71. The number of carbonyl (C=O) groups is 1. The second-order valence-electron chi connectivity index (χ2n) is 4.17. The number of amides is 1. The van der Waals surface area contributed by atoms with Crippen LogP contribution in [0.5, 0.6) is 0 Å². The van der Waals surface area contributed by atoms with Crippen LogP contribution < -0.4 is 5.32 Å². The zero-order valence-electron chi connectivity index (χ0n) is 9.90. The molecule has 1 aromatic carbocycles. The summed E-state index contributed by atoms with van der Waals surface area (Å²) in [5.41, 5.74) is 1.02. The second kappa shape index (κ2) is 6.41. The van der Waals surface area contributed by atoms with Crippen LogP contribution in [-0.4, -0.2) is 17.3 Å². The molecule has 0 heterocycles. The monoisotopic (exact) mass is 294 g/mol. The van der Waals surface area contributed by atoms with E-state index in [2.05, 4.69) is 35.1 Å². The fraction of sp³-hybridized carbons (Fsp3) is 0.385. The zero-order chi connectivity index (χ0) is 12.8. The Bertz CT molecular complexity index is 437. The smallest absolute Gasteiger partial charge is 0.251 e. The predicted molar refractivity (Wildman–Crippen MR) is 71.0 cm³/mol. The second-order valence-corrected chi connectivity index (χ2v) is 4.82. The van der Waals surface area contributed by atoms with Gasteiger partial charge < -0.3 is 5.32 Å². The first-order chi connectivity index (χ1) is 8.08. The van der Waals surface area contributed by atoms with Crippen molar-refractivity contribution in [1.29, 1.82) is 5.26 Å². The number of nitrogens with zero attached hydrogens (tertiary/aromatic N) is 1. The van der Waals surface area contributed by atoms with E-state index < -0.39 is 0 Å². The summed E-state index contributed by atoms with van der Waals surface area (Å²) in [4.78, 5) is 11.9. The SMILES string of the molecule is CC(C)C(CBr)NC(=O)c1cccc(C#N)c1. The third-order valence-electron chi connectivity index (χ3n) is 2.54. The Morgan fingerprint density at radius 3 is 2.76 bits per heavy atom. The lowest BCUT2D eigenvalue weighted by molar-refractivity contribution is 0.0931. The van der Waals surface area contributed by atoms with Gasteiger partial charge >= 0.3 is 0 Å². The van der Waals surface area contributed by atoms with E-state index in [0.717, 1.165) is 0 Å². The molecule has 0 radical (unpaired) electrons. The summed E-state index contributed by atoms with van der Waals surface area (Å²) < 4.78 is 0. The number of carbonyl (C=O) groups excluding carboxylic acids is 1. The number of alkyl halides is 1. The molecule has 0 aliphatic heterocycles. The van der Waals surface area contributed by atoms with Crippen LogP contribution in [0, 0.1) is 17.2 Å². The summed E-state index contributed by atoms with van der Waals surface area (Å²) >= 11 is 3.38. The number of hydrogen-bond acceptors (Lipinski definition) is 2. The zero-order valence-corrected chi connectivity index (χ0v) is 11.5. The lowest BCUT2D eigenvalue weighted by Crippen LogP contribution is -2.39. The Kier molecular flexibility index (Phi) is 5.17. The van der Waals surface area contributed by atoms with Crippen LogP contribution >= 0.6 is 15.9 Å². The standard InChI is InChI=1S/C13H15BrN2O/c1-9(2)12(7-14)16-13(17)11-5-3-4-10(6-11)8-15/h3-6,9,12H,7H2,1-2H3,(H,16,17). The van der Waals surface area contributed by atoms with Crippen LogP contribution in [-0.2, 0) is 0 Å². The van der Waals surface area contributed by atoms with E-state index in [1.165, 1.54) is 0 Å². The van der Waals surface area contributed by atoms with Gasteiger partial charge in [-0.3, -0.25) is 4.79 Å². The number of nitriles is 1. The maximum atomic E-state index is 11.9. The Morgan fingerprint density at radius 1 is 1.53 bits per heavy atom. The van der Waals surface area contributed by atoms with Crippen molar-refractivity contribution in [1.82, 2.24) is 5.32 Å². The summed E-state index contributed by atoms with van der Waals surface area (Å²) in [6.07, 6.45) is 0. The molecule has 0 aromatic heterocycles. The Morgan fingerprint density at radius 2 is 2.24 bits per heavy atom. The molecule has 1 atom stereocenters. The third kappa shape index (κ3) is 3.86. The summed E-state index contributed by atoms with van der Waals surface area (Å²) in [7, 11) is 0. The van der Waals surface area contributed by atoms with Gasteiger partial charge in [0.25, 0.3) is 5.91 Å². The average molecular weight is 295 g/mol. The summed E-state index contributed by atoms with van der Waals surface area (Å²) in [6.45, 7) is 4.11. The molecule has 0 saturated heterocycles. The highest BCUT2D eigenvalue weighted by Crippen LogP contribution is 2.08. The number of rotatable bonds is 4. The maximum absolute atomic E-state index is 11.9. The van der Waals surface area contributed by atoms with Crippen molar-refractivity contribution in [2.75, 3.05) is 5.33 Å². The minimum absolute atomic E-state index is 0.0910. The highest BCUT2D eigenvalue weighted by atomic mass is 79.9. The van der Waals surface area contributed by atoms with E-state index in [0.29, 0.717) is 22.4 Å². The molecule has 0 fully saturated rings. The van der Waals surface area contributed by atoms with E-state index >= 15 is 0 Å². The lowest BCUT2D eigenvalue weighted by Gasteiger charge is -2.19. The summed E-state index contributed by atoms with van der Waals surface area (Å²) in [5, 5.41) is 12.4. The van der Waals surface area contributed by atoms with Crippen molar-refractivity contribution in [2.45, 2.75) is 19.9 Å². The van der Waals surface area contributed by atoms with Gasteiger partial charge in [0.15, 0.2) is 0 Å². The fourth-order valence-corrected chi connectivity index (χ4v) is 2.27. The molecule has 4 heteroatoms. The van der Waals surface area contributed by atoms with Crippen LogP contribution in [0.3, 0.4) is 0 Å². The van der Waals surface area contributed by atoms with Gasteiger partial charge in [0.05, 0.1) is 11.6 Å². The Hall–Kier alpha value is -1.34. The highest BCUT2D eigenvalue weighted by Gasteiger charge is 2.15. The van der Waals surface area contributed by atoms with Crippen LogP contribution in [0.2, 0.25) is 0 Å². The Labute approximate surface area is 110 Å². The minimum Gasteiger partial charge on any atom is -0.348 e. The van der Waals surface area contributed by atoms with Crippen LogP contribution in [0.1, 0.15) is 29.8 Å². The largest absolute Gasteiger partial charge is 0.348 e. The van der Waals surface area contributed by atoms with Gasteiger partial charge in [0, 0.05) is 16.9 Å². The number of benzene rings is 1. The van der Waals surface area contributed by atoms with Crippen molar-refractivity contribution in [3.8, 4) is 6.07 Å². The molecule has 0 aliphatic rings. The van der Waals surface area contributed by atoms with Crippen LogP contribution in [0.4, 0.5) is 0 Å². The van der Waals surface area contributed by atoms with Crippen molar-refractivity contribution in [3.63, 3.8) is 0 Å². The van der Waals surface area contributed by atoms with Gasteiger partial charge in [0.2, 0.25) is 0 Å². The molecule has 0 bridgehead atoms. The molecule has 1 unspecified atom stereocenters. The molecule has 90 valence electrons. The number of halogens is 1. The Balaban J connectivity index is 2.79.